The van der Waals surface area contributed by atoms with Crippen molar-refractivity contribution >= 4 is 41.8 Å². The molecule has 2 aromatic carbocycles. The van der Waals surface area contributed by atoms with Crippen molar-refractivity contribution in [2.75, 3.05) is 13.1 Å². The van der Waals surface area contributed by atoms with E-state index >= 15 is 0 Å². The zero-order valence-corrected chi connectivity index (χ0v) is 34.3. The second kappa shape index (κ2) is 22.8. The molecule has 0 bridgehead atoms. The van der Waals surface area contributed by atoms with Gasteiger partial charge < -0.3 is 45.5 Å². The van der Waals surface area contributed by atoms with Gasteiger partial charge >= 0.3 is 24.1 Å². The number of carbonyl (C=O) groups excluding carboxylic acids is 7. The lowest BCUT2D eigenvalue weighted by molar-refractivity contribution is -0.156. The van der Waals surface area contributed by atoms with E-state index in [0.29, 0.717) is 12.8 Å². The van der Waals surface area contributed by atoms with Crippen LogP contribution in [0.4, 0.5) is 9.59 Å². The minimum absolute atomic E-state index is 0.0366. The van der Waals surface area contributed by atoms with Gasteiger partial charge in [0.05, 0.1) is 12.8 Å². The quantitative estimate of drug-likeness (QED) is 0.0722. The zero-order valence-electron chi connectivity index (χ0n) is 34.3. The van der Waals surface area contributed by atoms with Crippen molar-refractivity contribution in [1.82, 2.24) is 26.6 Å². The molecule has 0 aliphatic heterocycles. The number of unbranched alkanes of at least 4 members (excludes halogenated alkanes) is 1. The molecule has 0 unspecified atom stereocenters. The highest BCUT2D eigenvalue weighted by Gasteiger charge is 2.35. The van der Waals surface area contributed by atoms with Crippen LogP contribution in [0.25, 0.3) is 0 Å². The second-order valence-electron chi connectivity index (χ2n) is 15.8. The van der Waals surface area contributed by atoms with Crippen LogP contribution < -0.4 is 26.6 Å². The maximum absolute atomic E-state index is 13.8. The molecule has 2 aromatic rings. The van der Waals surface area contributed by atoms with E-state index in [1.165, 1.54) is 13.8 Å². The van der Waals surface area contributed by atoms with Crippen molar-refractivity contribution in [1.29, 1.82) is 0 Å². The van der Waals surface area contributed by atoms with Gasteiger partial charge in [-0.05, 0) is 85.8 Å². The summed E-state index contributed by atoms with van der Waals surface area (Å²) in [7, 11) is 0. The summed E-state index contributed by atoms with van der Waals surface area (Å²) in [6, 6.07) is 15.5. The molecule has 0 saturated carbocycles. The summed E-state index contributed by atoms with van der Waals surface area (Å²) in [5.74, 6) is -3.54. The molecule has 0 heterocycles. The van der Waals surface area contributed by atoms with E-state index in [0.717, 1.165) is 11.1 Å². The summed E-state index contributed by atoms with van der Waals surface area (Å²) in [5.41, 5.74) is -1.68. The van der Waals surface area contributed by atoms with E-state index in [-0.39, 0.29) is 39.1 Å². The Morgan fingerprint density at radius 3 is 1.70 bits per heavy atom. The van der Waals surface area contributed by atoms with Crippen molar-refractivity contribution in [3.05, 3.63) is 71.8 Å². The molecule has 0 aliphatic rings. The molecule has 0 spiro atoms. The number of nitrogens with one attached hydrogen (secondary N) is 5. The number of hydrogen-bond acceptors (Lipinski definition) is 11. The topological polar surface area (TPSA) is 217 Å². The third-order valence-corrected chi connectivity index (χ3v) is 7.69. The van der Waals surface area contributed by atoms with Gasteiger partial charge in [0.25, 0.3) is 0 Å². The van der Waals surface area contributed by atoms with Crippen molar-refractivity contribution in [3.8, 4) is 0 Å². The van der Waals surface area contributed by atoms with Gasteiger partial charge in [0, 0.05) is 13.1 Å². The SMILES string of the molecule is CC(C)(C)OC(=O)C[C@@H](NC(=O)OC(C)(C)C)C(=O)N[C@H](CCCCNC(=O)OCc1ccccc1)C(=O)NC(C)(C)C(=O)NCCC(=O)OCc1ccccc1. The maximum Gasteiger partial charge on any atom is 0.408 e. The summed E-state index contributed by atoms with van der Waals surface area (Å²) in [4.78, 5) is 90.6. The van der Waals surface area contributed by atoms with Crippen LogP contribution in [0.1, 0.15) is 98.6 Å². The monoisotopic (exact) mass is 797 g/mol. The third kappa shape index (κ3) is 20.7. The minimum atomic E-state index is -1.51. The van der Waals surface area contributed by atoms with Crippen LogP contribution >= 0.6 is 0 Å². The first-order valence-corrected chi connectivity index (χ1v) is 18.9. The van der Waals surface area contributed by atoms with Crippen molar-refractivity contribution in [2.24, 2.45) is 0 Å². The number of benzene rings is 2. The van der Waals surface area contributed by atoms with E-state index in [1.807, 2.05) is 60.7 Å². The van der Waals surface area contributed by atoms with E-state index in [1.54, 1.807) is 41.5 Å². The largest absolute Gasteiger partial charge is 0.461 e. The molecule has 314 valence electrons. The molecule has 0 aliphatic carbocycles. The smallest absolute Gasteiger partial charge is 0.408 e. The number of alkyl carbamates (subject to hydrolysis) is 2. The first-order valence-electron chi connectivity index (χ1n) is 18.9. The predicted molar refractivity (Wildman–Crippen MR) is 210 cm³/mol. The van der Waals surface area contributed by atoms with E-state index in [4.69, 9.17) is 18.9 Å². The molecule has 0 radical (unpaired) electrons. The molecule has 5 amide bonds. The Morgan fingerprint density at radius 2 is 1.14 bits per heavy atom. The molecule has 2 atom stereocenters. The fourth-order valence-electron chi connectivity index (χ4n) is 4.95. The van der Waals surface area contributed by atoms with Gasteiger partial charge in [-0.25, -0.2) is 9.59 Å². The van der Waals surface area contributed by atoms with Crippen LogP contribution in [-0.4, -0.2) is 83.8 Å². The van der Waals surface area contributed by atoms with Gasteiger partial charge in [0.15, 0.2) is 0 Å². The molecular weight excluding hydrogens is 738 g/mol. The Morgan fingerprint density at radius 1 is 0.579 bits per heavy atom. The van der Waals surface area contributed by atoms with Gasteiger partial charge in [-0.15, -0.1) is 0 Å². The predicted octanol–water partition coefficient (Wildman–Crippen LogP) is 4.34. The maximum atomic E-state index is 13.8. The van der Waals surface area contributed by atoms with Gasteiger partial charge in [-0.1, -0.05) is 60.7 Å². The number of hydrogen-bond donors (Lipinski definition) is 5. The third-order valence-electron chi connectivity index (χ3n) is 7.69. The highest BCUT2D eigenvalue weighted by Crippen LogP contribution is 2.13. The second-order valence-corrected chi connectivity index (χ2v) is 15.8. The molecule has 0 fully saturated rings. The summed E-state index contributed by atoms with van der Waals surface area (Å²) < 4.78 is 21.1. The van der Waals surface area contributed by atoms with Crippen molar-refractivity contribution in [2.45, 2.75) is 130 Å². The number of carbonyl (C=O) groups is 7. The lowest BCUT2D eigenvalue weighted by Crippen LogP contribution is -2.60. The highest BCUT2D eigenvalue weighted by atomic mass is 16.6. The van der Waals surface area contributed by atoms with Crippen LogP contribution in [0.3, 0.4) is 0 Å². The first-order chi connectivity index (χ1) is 26.6. The molecule has 16 heteroatoms. The Bertz CT molecular complexity index is 1610. The molecule has 0 aromatic heterocycles. The summed E-state index contributed by atoms with van der Waals surface area (Å²) in [5, 5.41) is 12.9. The average Bonchev–Trinajstić information content (AvgIpc) is 3.11. The lowest BCUT2D eigenvalue weighted by Gasteiger charge is -2.29. The average molecular weight is 798 g/mol. The van der Waals surface area contributed by atoms with Crippen LogP contribution in [-0.2, 0) is 56.1 Å². The highest BCUT2D eigenvalue weighted by molar-refractivity contribution is 5.96. The number of amides is 5. The Hall–Kier alpha value is -5.67. The molecule has 0 saturated heterocycles. The fraction of sp³-hybridized carbons (Fsp3) is 0.537. The summed E-state index contributed by atoms with van der Waals surface area (Å²) in [6.45, 7) is 13.0. The molecule has 2 rings (SSSR count). The number of rotatable bonds is 20. The number of ether oxygens (including phenoxy) is 4. The standard InChI is InChI=1S/C41H59N5O11/c1-39(2,3)56-33(48)25-31(45-38(53)57-40(4,5)6)34(49)44-30(21-15-16-23-43-37(52)55-27-29-19-13-10-14-20-29)35(50)46-41(7,8)36(51)42-24-22-32(47)54-26-28-17-11-9-12-18-28/h9-14,17-20,30-31H,15-16,21-27H2,1-8H3,(H,42,51)(H,43,52)(H,44,49)(H,45,53)(H,46,50)/t30-,31-/m1/s1. The van der Waals surface area contributed by atoms with Crippen LogP contribution in [0.15, 0.2) is 60.7 Å². The van der Waals surface area contributed by atoms with Gasteiger partial charge in [0.1, 0.15) is 42.0 Å². The van der Waals surface area contributed by atoms with E-state index < -0.39 is 77.1 Å². The van der Waals surface area contributed by atoms with Crippen LogP contribution in [0.5, 0.6) is 0 Å². The number of esters is 2. The van der Waals surface area contributed by atoms with Crippen LogP contribution in [0, 0.1) is 0 Å². The van der Waals surface area contributed by atoms with Gasteiger partial charge in [0.2, 0.25) is 17.7 Å². The lowest BCUT2D eigenvalue weighted by atomic mass is 10.0. The Kier molecular flexibility index (Phi) is 19.0. The fourth-order valence-corrected chi connectivity index (χ4v) is 4.95. The molecule has 5 N–H and O–H groups in total. The molecule has 57 heavy (non-hydrogen) atoms. The minimum Gasteiger partial charge on any atom is -0.461 e. The van der Waals surface area contributed by atoms with Gasteiger partial charge in [-0.2, -0.15) is 0 Å². The van der Waals surface area contributed by atoms with Crippen molar-refractivity contribution < 1.29 is 52.5 Å². The van der Waals surface area contributed by atoms with E-state index in [2.05, 4.69) is 26.6 Å². The summed E-state index contributed by atoms with van der Waals surface area (Å²) in [6.07, 6.45) is -1.57. The molecule has 16 nitrogen and oxygen atoms in total. The van der Waals surface area contributed by atoms with Crippen molar-refractivity contribution in [3.63, 3.8) is 0 Å². The molecular formula is C41H59N5O11. The van der Waals surface area contributed by atoms with Crippen LogP contribution in [0.2, 0.25) is 0 Å². The summed E-state index contributed by atoms with van der Waals surface area (Å²) >= 11 is 0. The van der Waals surface area contributed by atoms with E-state index in [9.17, 15) is 33.6 Å². The zero-order chi connectivity index (χ0) is 42.6. The Balaban J connectivity index is 2.11. The first kappa shape index (κ1) is 47.5. The normalized spacial score (nSPS) is 12.5. The Labute approximate surface area is 334 Å². The van der Waals surface area contributed by atoms with Gasteiger partial charge in [-0.3, -0.25) is 24.0 Å².